The Kier molecular flexibility index (Phi) is 6.42. The highest BCUT2D eigenvalue weighted by molar-refractivity contribution is 7.91. The molecule has 186 valence electrons. The Labute approximate surface area is 206 Å². The van der Waals surface area contributed by atoms with Gasteiger partial charge in [-0.05, 0) is 93.8 Å². The molecule has 11 heteroatoms. The van der Waals surface area contributed by atoms with Crippen molar-refractivity contribution in [1.29, 1.82) is 5.26 Å². The van der Waals surface area contributed by atoms with Crippen LogP contribution in [0.3, 0.4) is 0 Å². The Hall–Kier alpha value is -3.10. The fourth-order valence-electron chi connectivity index (χ4n) is 5.63. The zero-order valence-corrected chi connectivity index (χ0v) is 20.7. The van der Waals surface area contributed by atoms with Gasteiger partial charge in [0.15, 0.2) is 0 Å². The van der Waals surface area contributed by atoms with Crippen LogP contribution >= 0.6 is 0 Å². The standard InChI is InChI=1S/C24H31N7O3S/c1-29-11-8-19(9-12-29)31(20-15-26-30(16-20)13-10-25)35(33,34)28-24(32)27-23-21-6-2-4-17(21)14-18-5-3-7-22(18)23/h14-16,19H,2-9,11-13H2,1H3,(H2,27,28,32)/p-1. The molecule has 1 aromatic heterocycles. The molecule has 1 saturated heterocycles. The van der Waals surface area contributed by atoms with Gasteiger partial charge in [-0.2, -0.15) is 18.8 Å². The third-order valence-electron chi connectivity index (χ3n) is 7.28. The third-order valence-corrected chi connectivity index (χ3v) is 8.68. The molecule has 0 radical (unpaired) electrons. The summed E-state index contributed by atoms with van der Waals surface area (Å²) in [6.07, 6.45) is 9.94. The van der Waals surface area contributed by atoms with Gasteiger partial charge in [-0.25, -0.2) is 4.31 Å². The average Bonchev–Trinajstić information content (AvgIpc) is 3.56. The summed E-state index contributed by atoms with van der Waals surface area (Å²) in [4.78, 5) is 2.14. The molecule has 2 heterocycles. The van der Waals surface area contributed by atoms with Crippen LogP contribution in [0.1, 0.15) is 47.9 Å². The summed E-state index contributed by atoms with van der Waals surface area (Å²) in [5, 5.41) is 29.0. The lowest BCUT2D eigenvalue weighted by Gasteiger charge is -2.36. The Morgan fingerprint density at radius 1 is 1.23 bits per heavy atom. The van der Waals surface area contributed by atoms with E-state index in [9.17, 15) is 13.5 Å². The fraction of sp³-hybridized carbons (Fsp3) is 0.542. The Bertz CT molecular complexity index is 1250. The number of hydrogen-bond donors (Lipinski definition) is 1. The number of nitriles is 1. The maximum atomic E-state index is 13.5. The maximum Gasteiger partial charge on any atom is 0.345 e. The van der Waals surface area contributed by atoms with Crippen molar-refractivity contribution in [3.05, 3.63) is 40.7 Å². The minimum atomic E-state index is -4.35. The first-order chi connectivity index (χ1) is 16.9. The van der Waals surface area contributed by atoms with Gasteiger partial charge in [-0.15, -0.1) is 4.40 Å². The third kappa shape index (κ3) is 4.73. The van der Waals surface area contributed by atoms with Crippen molar-refractivity contribution in [2.75, 3.05) is 29.8 Å². The van der Waals surface area contributed by atoms with Gasteiger partial charge in [0.05, 0.1) is 30.2 Å². The Morgan fingerprint density at radius 2 is 1.89 bits per heavy atom. The van der Waals surface area contributed by atoms with Gasteiger partial charge in [0.1, 0.15) is 6.54 Å². The molecule has 1 N–H and O–H groups in total. The first-order valence-corrected chi connectivity index (χ1v) is 13.6. The van der Waals surface area contributed by atoms with Crippen LogP contribution in [0.25, 0.3) is 0 Å². The zero-order valence-electron chi connectivity index (χ0n) is 19.9. The van der Waals surface area contributed by atoms with Gasteiger partial charge in [0, 0.05) is 11.7 Å². The molecule has 1 fully saturated rings. The van der Waals surface area contributed by atoms with Crippen molar-refractivity contribution >= 4 is 27.6 Å². The summed E-state index contributed by atoms with van der Waals surface area (Å²) < 4.78 is 33.4. The van der Waals surface area contributed by atoms with E-state index in [1.165, 1.54) is 32.5 Å². The lowest BCUT2D eigenvalue weighted by Crippen LogP contribution is -2.47. The Morgan fingerprint density at radius 3 is 2.51 bits per heavy atom. The topological polar surface area (TPSA) is 130 Å². The molecule has 10 nitrogen and oxygen atoms in total. The van der Waals surface area contributed by atoms with Crippen molar-refractivity contribution in [2.45, 2.75) is 64.0 Å². The summed E-state index contributed by atoms with van der Waals surface area (Å²) in [7, 11) is -2.36. The van der Waals surface area contributed by atoms with E-state index >= 15 is 0 Å². The SMILES string of the molecule is CN1CCC(N(c2cnn(CC#N)c2)S(=O)(=O)/N=C(\[O-])Nc2c3c(cc4c2CCC4)CCC3)CC1. The molecule has 1 aliphatic heterocycles. The van der Waals surface area contributed by atoms with Crippen LogP contribution in [0.15, 0.2) is 22.9 Å². The molecule has 35 heavy (non-hydrogen) atoms. The van der Waals surface area contributed by atoms with Gasteiger partial charge in [-0.3, -0.25) is 4.68 Å². The molecule has 0 atom stereocenters. The van der Waals surface area contributed by atoms with Gasteiger partial charge in [0.25, 0.3) is 0 Å². The largest absolute Gasteiger partial charge is 0.845 e. The number of likely N-dealkylation sites (tertiary alicyclic amines) is 1. The molecule has 0 amide bonds. The number of piperidine rings is 1. The van der Waals surface area contributed by atoms with Crippen LogP contribution in [0.5, 0.6) is 0 Å². The molecule has 1 aromatic carbocycles. The van der Waals surface area contributed by atoms with Crippen LogP contribution in [-0.4, -0.2) is 55.3 Å². The van der Waals surface area contributed by atoms with E-state index in [1.807, 2.05) is 13.1 Å². The summed E-state index contributed by atoms with van der Waals surface area (Å²) in [6.45, 7) is 1.47. The van der Waals surface area contributed by atoms with Crippen molar-refractivity contribution < 1.29 is 13.5 Å². The average molecular weight is 497 g/mol. The van der Waals surface area contributed by atoms with Crippen LogP contribution in [0.4, 0.5) is 11.4 Å². The normalized spacial score (nSPS) is 18.8. The second kappa shape index (κ2) is 9.51. The van der Waals surface area contributed by atoms with E-state index in [0.717, 1.165) is 68.4 Å². The highest BCUT2D eigenvalue weighted by Gasteiger charge is 2.33. The van der Waals surface area contributed by atoms with Gasteiger partial charge < -0.3 is 15.3 Å². The molecule has 5 rings (SSSR count). The fourth-order valence-corrected chi connectivity index (χ4v) is 6.92. The van der Waals surface area contributed by atoms with E-state index in [4.69, 9.17) is 5.26 Å². The summed E-state index contributed by atoms with van der Waals surface area (Å²) in [5.41, 5.74) is 5.83. The van der Waals surface area contributed by atoms with Crippen LogP contribution in [0.2, 0.25) is 0 Å². The summed E-state index contributed by atoms with van der Waals surface area (Å²) >= 11 is 0. The number of fused-ring (bicyclic) bond motifs is 2. The van der Waals surface area contributed by atoms with Crippen LogP contribution in [-0.2, 0) is 42.4 Å². The molecule has 0 spiro atoms. The van der Waals surface area contributed by atoms with Gasteiger partial charge >= 0.3 is 10.2 Å². The molecular formula is C24H30N7O3S-. The van der Waals surface area contributed by atoms with E-state index in [-0.39, 0.29) is 12.6 Å². The molecule has 3 aliphatic rings. The quantitative estimate of drug-likeness (QED) is 0.472. The molecule has 2 aliphatic carbocycles. The maximum absolute atomic E-state index is 13.5. The summed E-state index contributed by atoms with van der Waals surface area (Å²) in [5.74, 6) is 0. The van der Waals surface area contributed by atoms with E-state index < -0.39 is 16.2 Å². The predicted octanol–water partition coefficient (Wildman–Crippen LogP) is 1.36. The van der Waals surface area contributed by atoms with E-state index in [1.54, 1.807) is 0 Å². The Balaban J connectivity index is 1.47. The number of rotatable bonds is 6. The van der Waals surface area contributed by atoms with Crippen LogP contribution in [0, 0.1) is 11.3 Å². The smallest absolute Gasteiger partial charge is 0.345 e. The second-order valence-corrected chi connectivity index (χ2v) is 11.1. The lowest BCUT2D eigenvalue weighted by molar-refractivity contribution is -0.213. The van der Waals surface area contributed by atoms with Crippen molar-refractivity contribution in [3.8, 4) is 6.07 Å². The molecule has 0 bridgehead atoms. The first-order valence-electron chi connectivity index (χ1n) is 12.2. The van der Waals surface area contributed by atoms with E-state index in [2.05, 4.69) is 25.8 Å². The van der Waals surface area contributed by atoms with Crippen LogP contribution < -0.4 is 14.7 Å². The minimum absolute atomic E-state index is 0.00312. The molecule has 2 aromatic rings. The van der Waals surface area contributed by atoms with Crippen molar-refractivity contribution in [3.63, 3.8) is 0 Å². The first kappa shape index (κ1) is 23.6. The second-order valence-electron chi connectivity index (χ2n) is 9.62. The number of hydrogen-bond acceptors (Lipinski definition) is 6. The highest BCUT2D eigenvalue weighted by atomic mass is 32.2. The van der Waals surface area contributed by atoms with Crippen molar-refractivity contribution in [1.82, 2.24) is 14.7 Å². The van der Waals surface area contributed by atoms with E-state index in [0.29, 0.717) is 18.5 Å². The number of benzene rings is 1. The number of aromatic nitrogens is 2. The van der Waals surface area contributed by atoms with Crippen molar-refractivity contribution in [2.24, 2.45) is 4.40 Å². The van der Waals surface area contributed by atoms with Gasteiger partial charge in [0.2, 0.25) is 0 Å². The van der Waals surface area contributed by atoms with Gasteiger partial charge in [-0.1, -0.05) is 6.07 Å². The molecule has 0 saturated carbocycles. The predicted molar refractivity (Wildman–Crippen MR) is 131 cm³/mol. The number of nitrogens with zero attached hydrogens (tertiary/aromatic N) is 6. The number of nitrogens with one attached hydrogen (secondary N) is 1. The minimum Gasteiger partial charge on any atom is -0.845 e. The number of aryl methyl sites for hydroxylation is 2. The lowest BCUT2D eigenvalue weighted by atomic mass is 9.99. The monoisotopic (exact) mass is 496 g/mol. The zero-order chi connectivity index (χ0) is 24.6. The number of anilines is 2. The molecular weight excluding hydrogens is 466 g/mol. The highest BCUT2D eigenvalue weighted by Crippen LogP contribution is 2.38. The number of amidine groups is 1. The summed E-state index contributed by atoms with van der Waals surface area (Å²) in [6, 6.07) is 3.04. The molecule has 0 unspecified atom stereocenters.